The fourth-order valence-corrected chi connectivity index (χ4v) is 5.98. The first-order chi connectivity index (χ1) is 9.96. The van der Waals surface area contributed by atoms with Crippen molar-refractivity contribution < 1.29 is 8.42 Å². The van der Waals surface area contributed by atoms with Crippen LogP contribution in [-0.4, -0.2) is 15.0 Å². The number of hydrogen-bond acceptors (Lipinski definition) is 3. The van der Waals surface area contributed by atoms with Crippen LogP contribution in [0, 0.1) is 6.92 Å². The summed E-state index contributed by atoms with van der Waals surface area (Å²) in [7, 11) is -3.52. The summed E-state index contributed by atoms with van der Waals surface area (Å²) in [5.41, 5.74) is 0.715. The number of para-hydroxylation sites is 1. The third kappa shape index (κ3) is 3.67. The van der Waals surface area contributed by atoms with E-state index >= 15 is 0 Å². The molecule has 6 heteroatoms. The molecule has 2 rings (SSSR count). The molecule has 0 amide bonds. The highest BCUT2D eigenvalue weighted by molar-refractivity contribution is 9.11. The van der Waals surface area contributed by atoms with Crippen molar-refractivity contribution in [3.8, 4) is 0 Å². The van der Waals surface area contributed by atoms with Gasteiger partial charge < -0.3 is 0 Å². The molecule has 1 aromatic carbocycles. The molecule has 0 unspecified atom stereocenters. The van der Waals surface area contributed by atoms with Gasteiger partial charge in [0.2, 0.25) is 0 Å². The zero-order valence-electron chi connectivity index (χ0n) is 12.0. The summed E-state index contributed by atoms with van der Waals surface area (Å²) in [5.74, 6) is 0. The van der Waals surface area contributed by atoms with E-state index in [0.717, 1.165) is 21.5 Å². The number of anilines is 1. The molecule has 0 spiro atoms. The van der Waals surface area contributed by atoms with Crippen LogP contribution in [0.5, 0.6) is 0 Å². The second-order valence-electron chi connectivity index (χ2n) is 4.74. The van der Waals surface area contributed by atoms with E-state index in [9.17, 15) is 8.42 Å². The SMILES string of the molecule is CCCCN(c1ccccc1)S(=O)(=O)c1cc(Br)sc1C. The van der Waals surface area contributed by atoms with Gasteiger partial charge in [-0.3, -0.25) is 4.31 Å². The predicted octanol–water partition coefficient (Wildman–Crippen LogP) is 4.81. The lowest BCUT2D eigenvalue weighted by Gasteiger charge is -2.24. The number of hydrogen-bond donors (Lipinski definition) is 0. The number of rotatable bonds is 6. The van der Waals surface area contributed by atoms with Crippen molar-refractivity contribution in [2.45, 2.75) is 31.6 Å². The van der Waals surface area contributed by atoms with Gasteiger partial charge in [0.25, 0.3) is 10.0 Å². The number of benzene rings is 1. The number of halogens is 1. The van der Waals surface area contributed by atoms with Crippen LogP contribution >= 0.6 is 27.3 Å². The lowest BCUT2D eigenvalue weighted by molar-refractivity contribution is 0.588. The molecule has 114 valence electrons. The average molecular weight is 388 g/mol. The zero-order valence-corrected chi connectivity index (χ0v) is 15.3. The van der Waals surface area contributed by atoms with Crippen LogP contribution in [-0.2, 0) is 10.0 Å². The Morgan fingerprint density at radius 1 is 1.24 bits per heavy atom. The van der Waals surface area contributed by atoms with Crippen molar-refractivity contribution in [3.63, 3.8) is 0 Å². The summed E-state index contributed by atoms with van der Waals surface area (Å²) < 4.78 is 28.3. The highest BCUT2D eigenvalue weighted by atomic mass is 79.9. The molecule has 0 fully saturated rings. The maximum Gasteiger partial charge on any atom is 0.265 e. The monoisotopic (exact) mass is 387 g/mol. The van der Waals surface area contributed by atoms with E-state index < -0.39 is 10.0 Å². The molecule has 0 saturated heterocycles. The molecule has 0 atom stereocenters. The molecule has 0 radical (unpaired) electrons. The van der Waals surface area contributed by atoms with Crippen molar-refractivity contribution in [1.82, 2.24) is 0 Å². The van der Waals surface area contributed by atoms with Crippen molar-refractivity contribution in [2.24, 2.45) is 0 Å². The van der Waals surface area contributed by atoms with Gasteiger partial charge in [0.1, 0.15) is 4.90 Å². The molecule has 1 aromatic heterocycles. The third-order valence-electron chi connectivity index (χ3n) is 3.17. The number of nitrogens with zero attached hydrogens (tertiary/aromatic N) is 1. The van der Waals surface area contributed by atoms with Gasteiger partial charge in [-0.25, -0.2) is 8.42 Å². The average Bonchev–Trinajstić information content (AvgIpc) is 2.80. The van der Waals surface area contributed by atoms with Crippen LogP contribution in [0.3, 0.4) is 0 Å². The Morgan fingerprint density at radius 2 is 1.90 bits per heavy atom. The van der Waals surface area contributed by atoms with Gasteiger partial charge in [-0.2, -0.15) is 0 Å². The first-order valence-corrected chi connectivity index (χ1v) is 9.85. The van der Waals surface area contributed by atoms with Crippen molar-refractivity contribution >= 4 is 43.0 Å². The number of unbranched alkanes of at least 4 members (excludes halogenated alkanes) is 1. The predicted molar refractivity (Wildman–Crippen MR) is 92.6 cm³/mol. The molecule has 0 saturated carbocycles. The van der Waals surface area contributed by atoms with Crippen LogP contribution in [0.2, 0.25) is 0 Å². The highest BCUT2D eigenvalue weighted by Gasteiger charge is 2.27. The number of thiophene rings is 1. The maximum atomic E-state index is 13.0. The molecule has 0 aliphatic carbocycles. The molecule has 1 heterocycles. The second kappa shape index (κ2) is 6.94. The van der Waals surface area contributed by atoms with Gasteiger partial charge in [0.15, 0.2) is 0 Å². The first kappa shape index (κ1) is 16.5. The van der Waals surface area contributed by atoms with E-state index in [-0.39, 0.29) is 0 Å². The van der Waals surface area contributed by atoms with Crippen LogP contribution < -0.4 is 4.31 Å². The second-order valence-corrected chi connectivity index (χ2v) is 9.20. The van der Waals surface area contributed by atoms with E-state index in [1.165, 1.54) is 15.6 Å². The Bertz CT molecular complexity index is 696. The van der Waals surface area contributed by atoms with E-state index in [1.54, 1.807) is 6.07 Å². The van der Waals surface area contributed by atoms with Gasteiger partial charge in [-0.15, -0.1) is 11.3 Å². The first-order valence-electron chi connectivity index (χ1n) is 6.80. The van der Waals surface area contributed by atoms with Crippen LogP contribution in [0.4, 0.5) is 5.69 Å². The maximum absolute atomic E-state index is 13.0. The van der Waals surface area contributed by atoms with E-state index in [4.69, 9.17) is 0 Å². The fraction of sp³-hybridized carbons (Fsp3) is 0.333. The summed E-state index contributed by atoms with van der Waals surface area (Å²) >= 11 is 4.81. The molecule has 0 aliphatic heterocycles. The minimum Gasteiger partial charge on any atom is -0.266 e. The Hall–Kier alpha value is -0.850. The number of sulfonamides is 1. The molecular formula is C15H18BrNO2S2. The standard InChI is InChI=1S/C15H18BrNO2S2/c1-3-4-10-17(13-8-6-5-7-9-13)21(18,19)14-11-15(16)20-12(14)2/h5-9,11H,3-4,10H2,1-2H3. The van der Waals surface area contributed by atoms with Gasteiger partial charge >= 0.3 is 0 Å². The van der Waals surface area contributed by atoms with Crippen molar-refractivity contribution in [1.29, 1.82) is 0 Å². The quantitative estimate of drug-likeness (QED) is 0.712. The lowest BCUT2D eigenvalue weighted by Crippen LogP contribution is -2.32. The zero-order chi connectivity index (χ0) is 15.5. The summed E-state index contributed by atoms with van der Waals surface area (Å²) in [5, 5.41) is 0. The van der Waals surface area contributed by atoms with Crippen LogP contribution in [0.25, 0.3) is 0 Å². The Kier molecular flexibility index (Phi) is 5.46. The van der Waals surface area contributed by atoms with Crippen molar-refractivity contribution in [2.75, 3.05) is 10.8 Å². The van der Waals surface area contributed by atoms with Gasteiger partial charge in [0, 0.05) is 11.4 Å². The molecule has 21 heavy (non-hydrogen) atoms. The van der Waals surface area contributed by atoms with Gasteiger partial charge in [0.05, 0.1) is 9.47 Å². The molecule has 0 N–H and O–H groups in total. The fourth-order valence-electron chi connectivity index (χ4n) is 2.09. The normalized spacial score (nSPS) is 11.6. The Balaban J connectivity index is 2.47. The summed E-state index contributed by atoms with van der Waals surface area (Å²) in [6.45, 7) is 4.39. The summed E-state index contributed by atoms with van der Waals surface area (Å²) in [6.07, 6.45) is 1.78. The molecule has 2 aromatic rings. The largest absolute Gasteiger partial charge is 0.266 e. The topological polar surface area (TPSA) is 37.4 Å². The molecular weight excluding hydrogens is 370 g/mol. The third-order valence-corrected chi connectivity index (χ3v) is 6.81. The van der Waals surface area contributed by atoms with Crippen molar-refractivity contribution in [3.05, 3.63) is 45.1 Å². The van der Waals surface area contributed by atoms with Gasteiger partial charge in [-0.05, 0) is 47.5 Å². The van der Waals surface area contributed by atoms with Crippen LogP contribution in [0.15, 0.2) is 45.1 Å². The minimum absolute atomic E-state index is 0.388. The van der Waals surface area contributed by atoms with Gasteiger partial charge in [-0.1, -0.05) is 31.5 Å². The number of aryl methyl sites for hydroxylation is 1. The minimum atomic E-state index is -3.52. The van der Waals surface area contributed by atoms with E-state index in [0.29, 0.717) is 17.1 Å². The highest BCUT2D eigenvalue weighted by Crippen LogP contribution is 2.33. The van der Waals surface area contributed by atoms with E-state index in [2.05, 4.69) is 22.9 Å². The summed E-state index contributed by atoms with van der Waals surface area (Å²) in [6, 6.07) is 11.0. The molecule has 3 nitrogen and oxygen atoms in total. The molecule has 0 bridgehead atoms. The van der Waals surface area contributed by atoms with Crippen LogP contribution in [0.1, 0.15) is 24.6 Å². The lowest BCUT2D eigenvalue weighted by atomic mass is 10.3. The van der Waals surface area contributed by atoms with E-state index in [1.807, 2.05) is 37.3 Å². The Labute approximate surface area is 138 Å². The molecule has 0 aliphatic rings. The Morgan fingerprint density at radius 3 is 2.43 bits per heavy atom. The smallest absolute Gasteiger partial charge is 0.265 e. The summed E-state index contributed by atoms with van der Waals surface area (Å²) in [4.78, 5) is 1.19.